The molecule has 0 unspecified atom stereocenters. The first-order chi connectivity index (χ1) is 18.0. The molecule has 0 saturated carbocycles. The van der Waals surface area contributed by atoms with Crippen molar-refractivity contribution >= 4 is 40.1 Å². The molecule has 0 spiro atoms. The van der Waals surface area contributed by atoms with E-state index in [4.69, 9.17) is 9.73 Å². The van der Waals surface area contributed by atoms with E-state index in [1.54, 1.807) is 11.7 Å². The summed E-state index contributed by atoms with van der Waals surface area (Å²) in [6.45, 7) is 8.08. The largest absolute Gasteiger partial charge is 0.494 e. The van der Waals surface area contributed by atoms with Crippen LogP contribution in [0.1, 0.15) is 36.5 Å². The van der Waals surface area contributed by atoms with Crippen LogP contribution in [-0.4, -0.2) is 35.5 Å². The zero-order valence-corrected chi connectivity index (χ0v) is 22.1. The fourth-order valence-electron chi connectivity index (χ4n) is 4.31. The summed E-state index contributed by atoms with van der Waals surface area (Å²) in [5.74, 6) is 0.645. The standard InChI is InChI=1S/C28H27N5O2.C2H6/c1-17-13-18(2)30-22(17)15-24-27(35-4)16-23(32-24)26-14-19-7-5-6-8-25(19)33(26)28(34)31-21-11-9-20(29-3)10-12-21;1-2/h5-16,29-30H,1-4H3,(H,31,34);1-2H3/b24-15-;. The lowest BCUT2D eigenvalue weighted by atomic mass is 10.2. The normalized spacial score (nSPS) is 13.6. The van der Waals surface area contributed by atoms with Crippen LogP contribution in [-0.2, 0) is 4.74 Å². The van der Waals surface area contributed by atoms with E-state index in [1.807, 2.05) is 94.6 Å². The minimum Gasteiger partial charge on any atom is -0.494 e. The van der Waals surface area contributed by atoms with Crippen LogP contribution in [0.15, 0.2) is 83.2 Å². The number of rotatable bonds is 5. The number of allylic oxidation sites excluding steroid dienone is 1. The maximum absolute atomic E-state index is 13.5. The molecule has 3 heterocycles. The summed E-state index contributed by atoms with van der Waals surface area (Å²) in [5.41, 5.74) is 7.72. The molecule has 0 bridgehead atoms. The summed E-state index contributed by atoms with van der Waals surface area (Å²) >= 11 is 0. The van der Waals surface area contributed by atoms with Crippen LogP contribution in [0, 0.1) is 13.8 Å². The van der Waals surface area contributed by atoms with Crippen LogP contribution >= 0.6 is 0 Å². The Morgan fingerprint density at radius 2 is 1.73 bits per heavy atom. The van der Waals surface area contributed by atoms with E-state index in [1.165, 1.54) is 0 Å². The zero-order chi connectivity index (χ0) is 26.5. The second-order valence-electron chi connectivity index (χ2n) is 8.47. The molecule has 4 aromatic rings. The zero-order valence-electron chi connectivity index (χ0n) is 22.1. The second-order valence-corrected chi connectivity index (χ2v) is 8.47. The van der Waals surface area contributed by atoms with Gasteiger partial charge in [0.25, 0.3) is 0 Å². The quantitative estimate of drug-likeness (QED) is 0.276. The highest BCUT2D eigenvalue weighted by Crippen LogP contribution is 2.29. The Bertz CT molecular complexity index is 1520. The molecule has 190 valence electrons. The van der Waals surface area contributed by atoms with E-state index < -0.39 is 0 Å². The number of ether oxygens (including phenoxy) is 1. The van der Waals surface area contributed by atoms with Gasteiger partial charge in [-0.3, -0.25) is 4.57 Å². The number of fused-ring (bicyclic) bond motifs is 1. The van der Waals surface area contributed by atoms with Crippen molar-refractivity contribution in [1.29, 1.82) is 0 Å². The fourth-order valence-corrected chi connectivity index (χ4v) is 4.31. The molecule has 0 atom stereocenters. The first-order valence-corrected chi connectivity index (χ1v) is 12.4. The van der Waals surface area contributed by atoms with E-state index in [9.17, 15) is 4.79 Å². The van der Waals surface area contributed by atoms with Crippen molar-refractivity contribution in [2.45, 2.75) is 27.7 Å². The second kappa shape index (κ2) is 11.0. The van der Waals surface area contributed by atoms with Crippen molar-refractivity contribution in [2.24, 2.45) is 4.99 Å². The highest BCUT2D eigenvalue weighted by molar-refractivity contribution is 6.16. The maximum Gasteiger partial charge on any atom is 0.331 e. The predicted molar refractivity (Wildman–Crippen MR) is 154 cm³/mol. The summed E-state index contributed by atoms with van der Waals surface area (Å²) in [6.07, 6.45) is 3.84. The number of anilines is 2. The summed E-state index contributed by atoms with van der Waals surface area (Å²) in [7, 11) is 3.49. The Hall–Kier alpha value is -4.52. The fraction of sp³-hybridized carbons (Fsp3) is 0.200. The van der Waals surface area contributed by atoms with Gasteiger partial charge in [0, 0.05) is 41.3 Å². The number of H-pyrrole nitrogens is 1. The van der Waals surface area contributed by atoms with Crippen LogP contribution in [0.4, 0.5) is 16.2 Å². The molecular weight excluding hydrogens is 462 g/mol. The van der Waals surface area contributed by atoms with E-state index in [0.29, 0.717) is 28.5 Å². The predicted octanol–water partition coefficient (Wildman–Crippen LogP) is 7.11. The lowest BCUT2D eigenvalue weighted by Crippen LogP contribution is -2.22. The number of hydrogen-bond donors (Lipinski definition) is 3. The number of nitrogens with one attached hydrogen (secondary N) is 3. The maximum atomic E-state index is 13.5. The number of aryl methyl sites for hydroxylation is 2. The number of aromatic nitrogens is 2. The highest BCUT2D eigenvalue weighted by atomic mass is 16.5. The number of nitrogens with zero attached hydrogens (tertiary/aromatic N) is 2. The van der Waals surface area contributed by atoms with Crippen molar-refractivity contribution in [3.05, 3.63) is 101 Å². The van der Waals surface area contributed by atoms with Crippen molar-refractivity contribution < 1.29 is 9.53 Å². The topological polar surface area (TPSA) is 83.4 Å². The van der Waals surface area contributed by atoms with E-state index >= 15 is 0 Å². The molecule has 2 aromatic carbocycles. The molecule has 1 aliphatic rings. The number of aliphatic imine (C=N–C) groups is 1. The molecule has 0 fully saturated rings. The van der Waals surface area contributed by atoms with Gasteiger partial charge < -0.3 is 20.4 Å². The Balaban J connectivity index is 0.00000156. The van der Waals surface area contributed by atoms with Gasteiger partial charge in [0.05, 0.1) is 24.0 Å². The number of aromatic amines is 1. The lowest BCUT2D eigenvalue weighted by Gasteiger charge is -2.11. The van der Waals surface area contributed by atoms with Gasteiger partial charge in [0.15, 0.2) is 0 Å². The number of carbonyl (C=O) groups is 1. The minimum atomic E-state index is -0.262. The van der Waals surface area contributed by atoms with Crippen LogP contribution in [0.3, 0.4) is 0 Å². The summed E-state index contributed by atoms with van der Waals surface area (Å²) < 4.78 is 7.30. The third-order valence-corrected chi connectivity index (χ3v) is 6.05. The molecule has 37 heavy (non-hydrogen) atoms. The molecular formula is C30H33N5O2. The lowest BCUT2D eigenvalue weighted by molar-refractivity contribution is 0.254. The summed E-state index contributed by atoms with van der Waals surface area (Å²) in [6, 6.07) is 19.2. The van der Waals surface area contributed by atoms with Gasteiger partial charge in [-0.1, -0.05) is 32.0 Å². The van der Waals surface area contributed by atoms with Gasteiger partial charge in [0.2, 0.25) is 0 Å². The molecule has 7 nitrogen and oxygen atoms in total. The number of methoxy groups -OCH3 is 1. The monoisotopic (exact) mass is 495 g/mol. The number of hydrogen-bond acceptors (Lipinski definition) is 4. The summed E-state index contributed by atoms with van der Waals surface area (Å²) in [4.78, 5) is 21.7. The van der Waals surface area contributed by atoms with Crippen molar-refractivity contribution in [2.75, 3.05) is 24.8 Å². The molecule has 3 N–H and O–H groups in total. The number of benzene rings is 2. The number of amides is 1. The molecule has 1 amide bonds. The molecule has 0 aliphatic carbocycles. The molecule has 0 saturated heterocycles. The van der Waals surface area contributed by atoms with Gasteiger partial charge in [-0.05, 0) is 68.0 Å². The van der Waals surface area contributed by atoms with Crippen LogP contribution in [0.2, 0.25) is 0 Å². The first-order valence-electron chi connectivity index (χ1n) is 12.4. The van der Waals surface area contributed by atoms with Gasteiger partial charge >= 0.3 is 6.03 Å². The van der Waals surface area contributed by atoms with Gasteiger partial charge in [-0.25, -0.2) is 9.79 Å². The van der Waals surface area contributed by atoms with Crippen LogP contribution in [0.5, 0.6) is 0 Å². The Labute approximate surface area is 217 Å². The average Bonchev–Trinajstić information content (AvgIpc) is 3.60. The van der Waals surface area contributed by atoms with Gasteiger partial charge in [-0.2, -0.15) is 0 Å². The van der Waals surface area contributed by atoms with Gasteiger partial charge in [-0.15, -0.1) is 0 Å². The van der Waals surface area contributed by atoms with E-state index in [2.05, 4.69) is 28.6 Å². The SMILES string of the molecule is CC.CNc1ccc(NC(=O)n2c(C3=N/C(=C\c4[nH]c(C)cc4C)C(OC)=C3)cc3ccccc32)cc1. The van der Waals surface area contributed by atoms with Crippen molar-refractivity contribution in [3.8, 4) is 0 Å². The number of carbonyl (C=O) groups excluding carboxylic acids is 1. The highest BCUT2D eigenvalue weighted by Gasteiger charge is 2.23. The smallest absolute Gasteiger partial charge is 0.331 e. The third-order valence-electron chi connectivity index (χ3n) is 6.05. The van der Waals surface area contributed by atoms with E-state index in [0.717, 1.165) is 33.5 Å². The molecule has 2 aromatic heterocycles. The molecule has 7 heteroatoms. The van der Waals surface area contributed by atoms with Crippen molar-refractivity contribution in [3.63, 3.8) is 0 Å². The third kappa shape index (κ3) is 5.21. The van der Waals surface area contributed by atoms with Crippen molar-refractivity contribution in [1.82, 2.24) is 9.55 Å². The molecule has 5 rings (SSSR count). The Kier molecular flexibility index (Phi) is 7.63. The number of para-hydroxylation sites is 1. The van der Waals surface area contributed by atoms with Gasteiger partial charge in [0.1, 0.15) is 11.5 Å². The average molecular weight is 496 g/mol. The Morgan fingerprint density at radius 1 is 1.03 bits per heavy atom. The molecule has 0 radical (unpaired) electrons. The van der Waals surface area contributed by atoms with Crippen LogP contribution in [0.25, 0.3) is 17.0 Å². The summed E-state index contributed by atoms with van der Waals surface area (Å²) in [5, 5.41) is 7.04. The Morgan fingerprint density at radius 3 is 2.38 bits per heavy atom. The first kappa shape index (κ1) is 25.6. The minimum absolute atomic E-state index is 0.262. The van der Waals surface area contributed by atoms with E-state index in [-0.39, 0.29) is 6.03 Å². The van der Waals surface area contributed by atoms with Crippen LogP contribution < -0.4 is 10.6 Å². The molecule has 1 aliphatic heterocycles.